The summed E-state index contributed by atoms with van der Waals surface area (Å²) in [6, 6.07) is 7.29. The molecule has 0 saturated carbocycles. The Labute approximate surface area is 142 Å². The van der Waals surface area contributed by atoms with Gasteiger partial charge >= 0.3 is 5.97 Å². The fraction of sp³-hybridized carbons (Fsp3) is 0.500. The molecule has 0 unspecified atom stereocenters. The van der Waals surface area contributed by atoms with Gasteiger partial charge in [0.1, 0.15) is 5.75 Å². The molecule has 3 rings (SSSR count). The molecule has 1 amide bonds. The van der Waals surface area contributed by atoms with E-state index in [-0.39, 0.29) is 25.0 Å². The highest BCUT2D eigenvalue weighted by molar-refractivity contribution is 9.10. The number of benzene rings is 1. The minimum atomic E-state index is -0.874. The molecule has 2 atom stereocenters. The SMILES string of the molecule is O=C(COc1ccccc1Br)N1C[C@H]2COCC[C@@]2(C(=O)O)C1. The number of carboxylic acids is 1. The highest BCUT2D eigenvalue weighted by atomic mass is 79.9. The average molecular weight is 384 g/mol. The molecule has 1 aromatic rings. The van der Waals surface area contributed by atoms with E-state index < -0.39 is 11.4 Å². The molecule has 6 nitrogen and oxygen atoms in total. The lowest BCUT2D eigenvalue weighted by molar-refractivity contribution is -0.157. The molecule has 7 heteroatoms. The first-order valence-corrected chi connectivity index (χ1v) is 8.28. The summed E-state index contributed by atoms with van der Waals surface area (Å²) in [5, 5.41) is 9.61. The van der Waals surface area contributed by atoms with Crippen LogP contribution in [0.25, 0.3) is 0 Å². The fourth-order valence-electron chi connectivity index (χ4n) is 3.28. The molecule has 2 aliphatic heterocycles. The summed E-state index contributed by atoms with van der Waals surface area (Å²) in [5.74, 6) is -0.599. The maximum Gasteiger partial charge on any atom is 0.311 e. The molecular weight excluding hydrogens is 366 g/mol. The van der Waals surface area contributed by atoms with Crippen LogP contribution in [0.2, 0.25) is 0 Å². The van der Waals surface area contributed by atoms with Crippen molar-refractivity contribution in [1.29, 1.82) is 0 Å². The Morgan fingerprint density at radius 3 is 2.91 bits per heavy atom. The van der Waals surface area contributed by atoms with Crippen molar-refractivity contribution in [3.8, 4) is 5.75 Å². The molecule has 0 aromatic heterocycles. The Bertz CT molecular complexity index is 622. The van der Waals surface area contributed by atoms with Crippen molar-refractivity contribution in [3.05, 3.63) is 28.7 Å². The number of carboxylic acid groups (broad SMARTS) is 1. The molecule has 23 heavy (non-hydrogen) atoms. The summed E-state index contributed by atoms with van der Waals surface area (Å²) in [7, 11) is 0. The third-order valence-electron chi connectivity index (χ3n) is 4.67. The van der Waals surface area contributed by atoms with Gasteiger partial charge < -0.3 is 19.5 Å². The van der Waals surface area contributed by atoms with Crippen LogP contribution in [0.5, 0.6) is 5.75 Å². The van der Waals surface area contributed by atoms with Crippen molar-refractivity contribution in [2.24, 2.45) is 11.3 Å². The first kappa shape index (κ1) is 16.3. The maximum atomic E-state index is 12.4. The van der Waals surface area contributed by atoms with Crippen LogP contribution in [0, 0.1) is 11.3 Å². The van der Waals surface area contributed by atoms with Crippen molar-refractivity contribution >= 4 is 27.8 Å². The van der Waals surface area contributed by atoms with Crippen LogP contribution >= 0.6 is 15.9 Å². The average Bonchev–Trinajstić information content (AvgIpc) is 2.95. The number of aliphatic carboxylic acids is 1. The summed E-state index contributed by atoms with van der Waals surface area (Å²) in [6.07, 6.45) is 0.446. The van der Waals surface area contributed by atoms with Gasteiger partial charge in [0.2, 0.25) is 0 Å². The van der Waals surface area contributed by atoms with Crippen LogP contribution < -0.4 is 4.74 Å². The van der Waals surface area contributed by atoms with Gasteiger partial charge in [-0.25, -0.2) is 0 Å². The first-order valence-electron chi connectivity index (χ1n) is 7.49. The number of para-hydroxylation sites is 1. The maximum absolute atomic E-state index is 12.4. The number of nitrogens with zero attached hydrogens (tertiary/aromatic N) is 1. The van der Waals surface area contributed by atoms with Crippen LogP contribution in [0.3, 0.4) is 0 Å². The molecule has 1 aromatic carbocycles. The van der Waals surface area contributed by atoms with E-state index in [0.29, 0.717) is 31.9 Å². The number of carbonyl (C=O) groups is 2. The third-order valence-corrected chi connectivity index (χ3v) is 5.33. The molecule has 2 fully saturated rings. The van der Waals surface area contributed by atoms with Gasteiger partial charge in [-0.15, -0.1) is 0 Å². The molecule has 2 saturated heterocycles. The topological polar surface area (TPSA) is 76.1 Å². The lowest BCUT2D eigenvalue weighted by atomic mass is 9.74. The number of hydrogen-bond acceptors (Lipinski definition) is 4. The number of halogens is 1. The Morgan fingerprint density at radius 1 is 1.43 bits per heavy atom. The Kier molecular flexibility index (Phi) is 4.59. The van der Waals surface area contributed by atoms with E-state index in [1.54, 1.807) is 11.0 Å². The number of likely N-dealkylation sites (tertiary alicyclic amines) is 1. The molecule has 0 radical (unpaired) electrons. The van der Waals surface area contributed by atoms with Gasteiger partial charge in [0.15, 0.2) is 6.61 Å². The van der Waals surface area contributed by atoms with Gasteiger partial charge in [-0.3, -0.25) is 9.59 Å². The lowest BCUT2D eigenvalue weighted by Gasteiger charge is -2.33. The largest absolute Gasteiger partial charge is 0.483 e. The molecule has 0 aliphatic carbocycles. The number of rotatable bonds is 4. The van der Waals surface area contributed by atoms with Crippen LogP contribution in [0.4, 0.5) is 0 Å². The third kappa shape index (κ3) is 3.07. The Hall–Kier alpha value is -1.60. The second-order valence-electron chi connectivity index (χ2n) is 5.98. The lowest BCUT2D eigenvalue weighted by Crippen LogP contribution is -2.45. The fourth-order valence-corrected chi connectivity index (χ4v) is 3.68. The second-order valence-corrected chi connectivity index (χ2v) is 6.83. The number of fused-ring (bicyclic) bond motifs is 1. The molecule has 0 spiro atoms. The monoisotopic (exact) mass is 383 g/mol. The predicted octanol–water partition coefficient (Wildman–Crippen LogP) is 1.78. The second kappa shape index (κ2) is 6.49. The van der Waals surface area contributed by atoms with Gasteiger partial charge in [-0.1, -0.05) is 12.1 Å². The molecule has 1 N–H and O–H groups in total. The number of carbonyl (C=O) groups excluding carboxylic acids is 1. The summed E-state index contributed by atoms with van der Waals surface area (Å²) in [4.78, 5) is 25.7. The van der Waals surface area contributed by atoms with Crippen molar-refractivity contribution < 1.29 is 24.2 Å². The van der Waals surface area contributed by atoms with E-state index in [4.69, 9.17) is 9.47 Å². The zero-order valence-corrected chi connectivity index (χ0v) is 14.1. The Balaban J connectivity index is 1.65. The molecular formula is C16H18BrNO5. The zero-order chi connectivity index (χ0) is 16.4. The summed E-state index contributed by atoms with van der Waals surface area (Å²) < 4.78 is 11.7. The van der Waals surface area contributed by atoms with E-state index in [0.717, 1.165) is 4.47 Å². The minimum absolute atomic E-state index is 0.105. The van der Waals surface area contributed by atoms with Crippen molar-refractivity contribution in [2.45, 2.75) is 6.42 Å². The van der Waals surface area contributed by atoms with E-state index >= 15 is 0 Å². The van der Waals surface area contributed by atoms with E-state index in [2.05, 4.69) is 15.9 Å². The number of ether oxygens (including phenoxy) is 2. The van der Waals surface area contributed by atoms with E-state index in [9.17, 15) is 14.7 Å². The first-order chi connectivity index (χ1) is 11.0. The number of amides is 1. The van der Waals surface area contributed by atoms with Crippen LogP contribution in [0.15, 0.2) is 28.7 Å². The smallest absolute Gasteiger partial charge is 0.311 e. The minimum Gasteiger partial charge on any atom is -0.483 e. The summed E-state index contributed by atoms with van der Waals surface area (Å²) in [5.41, 5.74) is -0.874. The number of hydrogen-bond donors (Lipinski definition) is 1. The molecule has 0 bridgehead atoms. The van der Waals surface area contributed by atoms with Crippen LogP contribution in [0.1, 0.15) is 6.42 Å². The Morgan fingerprint density at radius 2 is 2.22 bits per heavy atom. The van der Waals surface area contributed by atoms with Crippen LogP contribution in [-0.4, -0.2) is 54.8 Å². The van der Waals surface area contributed by atoms with Gasteiger partial charge in [0.25, 0.3) is 5.91 Å². The van der Waals surface area contributed by atoms with Gasteiger partial charge in [-0.05, 0) is 34.5 Å². The summed E-state index contributed by atoms with van der Waals surface area (Å²) >= 11 is 3.36. The van der Waals surface area contributed by atoms with Gasteiger partial charge in [-0.2, -0.15) is 0 Å². The van der Waals surface area contributed by atoms with Crippen molar-refractivity contribution in [1.82, 2.24) is 4.90 Å². The molecule has 2 aliphatic rings. The summed E-state index contributed by atoms with van der Waals surface area (Å²) in [6.45, 7) is 1.35. The molecule has 2 heterocycles. The van der Waals surface area contributed by atoms with Crippen molar-refractivity contribution in [3.63, 3.8) is 0 Å². The zero-order valence-electron chi connectivity index (χ0n) is 12.5. The van der Waals surface area contributed by atoms with Gasteiger partial charge in [0, 0.05) is 25.6 Å². The standard InChI is InChI=1S/C16H18BrNO5/c17-12-3-1-2-4-13(12)23-9-14(19)18-7-11-8-22-6-5-16(11,10-18)15(20)21/h1-4,11H,5-10H2,(H,20,21)/t11-,16+/m0/s1. The quantitative estimate of drug-likeness (QED) is 0.857. The highest BCUT2D eigenvalue weighted by Gasteiger charge is 2.54. The molecule has 124 valence electrons. The van der Waals surface area contributed by atoms with Gasteiger partial charge in [0.05, 0.1) is 16.5 Å². The normalized spacial score (nSPS) is 26.7. The predicted molar refractivity (Wildman–Crippen MR) is 85.2 cm³/mol. The van der Waals surface area contributed by atoms with E-state index in [1.807, 2.05) is 18.2 Å². The highest BCUT2D eigenvalue weighted by Crippen LogP contribution is 2.42. The van der Waals surface area contributed by atoms with Crippen LogP contribution in [-0.2, 0) is 14.3 Å². The van der Waals surface area contributed by atoms with E-state index in [1.165, 1.54) is 0 Å². The van der Waals surface area contributed by atoms with Crippen molar-refractivity contribution in [2.75, 3.05) is 32.9 Å².